The predicted octanol–water partition coefficient (Wildman–Crippen LogP) is 4.13. The van der Waals surface area contributed by atoms with Gasteiger partial charge in [-0.05, 0) is 43.1 Å². The molecule has 0 heterocycles. The van der Waals surface area contributed by atoms with E-state index in [2.05, 4.69) is 5.32 Å². The second-order valence-corrected chi connectivity index (χ2v) is 4.33. The molecule has 0 aliphatic carbocycles. The lowest BCUT2D eigenvalue weighted by molar-refractivity contribution is -0.136. The van der Waals surface area contributed by atoms with Gasteiger partial charge in [0.05, 0.1) is 0 Å². The van der Waals surface area contributed by atoms with Crippen LogP contribution in [0.1, 0.15) is 36.9 Å². The molecule has 0 aliphatic rings. The van der Waals surface area contributed by atoms with E-state index in [1.54, 1.807) is 13.0 Å². The fourth-order valence-electron chi connectivity index (χ4n) is 1.91. The van der Waals surface area contributed by atoms with Crippen molar-refractivity contribution in [2.45, 2.75) is 38.9 Å². The van der Waals surface area contributed by atoms with Gasteiger partial charge in [-0.2, -0.15) is 13.2 Å². The molecule has 1 aromatic carbocycles. The molecule has 5 heteroatoms. The lowest BCUT2D eigenvalue weighted by atomic mass is 9.99. The zero-order valence-electron chi connectivity index (χ0n) is 10.4. The van der Waals surface area contributed by atoms with E-state index < -0.39 is 24.5 Å². The van der Waals surface area contributed by atoms with E-state index in [4.69, 9.17) is 0 Å². The average molecular weight is 263 g/mol. The summed E-state index contributed by atoms with van der Waals surface area (Å²) in [4.78, 5) is 0. The Labute approximate surface area is 104 Å². The maximum Gasteiger partial charge on any atom is 0.389 e. The second-order valence-electron chi connectivity index (χ2n) is 4.33. The highest BCUT2D eigenvalue weighted by Gasteiger charge is 2.28. The molecule has 0 spiro atoms. The highest BCUT2D eigenvalue weighted by atomic mass is 19.4. The van der Waals surface area contributed by atoms with Crippen molar-refractivity contribution in [3.05, 3.63) is 35.1 Å². The van der Waals surface area contributed by atoms with Crippen LogP contribution in [0.2, 0.25) is 0 Å². The SMILES string of the molecule is CCNC(CCC(F)(F)F)c1cc(C)cc(F)c1. The first kappa shape index (κ1) is 15.0. The molecule has 0 saturated heterocycles. The number of aryl methyl sites for hydroxylation is 1. The number of nitrogens with one attached hydrogen (secondary N) is 1. The Morgan fingerprint density at radius 2 is 1.89 bits per heavy atom. The van der Waals surface area contributed by atoms with Gasteiger partial charge in [-0.25, -0.2) is 4.39 Å². The number of benzene rings is 1. The van der Waals surface area contributed by atoms with Crippen molar-refractivity contribution in [1.29, 1.82) is 0 Å². The monoisotopic (exact) mass is 263 g/mol. The van der Waals surface area contributed by atoms with Gasteiger partial charge in [0.25, 0.3) is 0 Å². The quantitative estimate of drug-likeness (QED) is 0.788. The number of hydrogen-bond acceptors (Lipinski definition) is 1. The van der Waals surface area contributed by atoms with Crippen LogP contribution >= 0.6 is 0 Å². The van der Waals surface area contributed by atoms with Crippen LogP contribution in [0.25, 0.3) is 0 Å². The first-order chi connectivity index (χ1) is 8.31. The Hall–Kier alpha value is -1.10. The zero-order valence-corrected chi connectivity index (χ0v) is 10.4. The number of halogens is 4. The molecule has 1 rings (SSSR count). The van der Waals surface area contributed by atoms with Crippen LogP contribution in [0.15, 0.2) is 18.2 Å². The normalized spacial score (nSPS) is 13.7. The van der Waals surface area contributed by atoms with E-state index in [0.717, 1.165) is 0 Å². The summed E-state index contributed by atoms with van der Waals surface area (Å²) in [7, 11) is 0. The Morgan fingerprint density at radius 3 is 2.39 bits per heavy atom. The number of hydrogen-bond donors (Lipinski definition) is 1. The lowest BCUT2D eigenvalue weighted by Crippen LogP contribution is -2.23. The molecule has 0 aromatic heterocycles. The Kier molecular flexibility index (Phi) is 5.14. The third-order valence-corrected chi connectivity index (χ3v) is 2.63. The van der Waals surface area contributed by atoms with Gasteiger partial charge < -0.3 is 5.32 Å². The Morgan fingerprint density at radius 1 is 1.22 bits per heavy atom. The molecule has 102 valence electrons. The first-order valence-electron chi connectivity index (χ1n) is 5.89. The summed E-state index contributed by atoms with van der Waals surface area (Å²) >= 11 is 0. The standard InChI is InChI=1S/C13H17F4N/c1-3-18-12(4-5-13(15,16)17)10-6-9(2)7-11(14)8-10/h6-8,12,18H,3-5H2,1-2H3. The van der Waals surface area contributed by atoms with Crippen molar-refractivity contribution in [2.75, 3.05) is 6.54 Å². The van der Waals surface area contributed by atoms with E-state index >= 15 is 0 Å². The van der Waals surface area contributed by atoms with E-state index in [1.807, 2.05) is 6.92 Å². The highest BCUT2D eigenvalue weighted by molar-refractivity contribution is 5.26. The summed E-state index contributed by atoms with van der Waals surface area (Å²) in [5.74, 6) is -0.417. The van der Waals surface area contributed by atoms with Gasteiger partial charge in [-0.15, -0.1) is 0 Å². The average Bonchev–Trinajstić information content (AvgIpc) is 2.21. The summed E-state index contributed by atoms with van der Waals surface area (Å²) in [5, 5.41) is 2.96. The van der Waals surface area contributed by atoms with Gasteiger partial charge in [0, 0.05) is 12.5 Å². The van der Waals surface area contributed by atoms with Crippen LogP contribution in [0.5, 0.6) is 0 Å². The molecule has 0 aliphatic heterocycles. The molecule has 1 aromatic rings. The maximum absolute atomic E-state index is 13.3. The van der Waals surface area contributed by atoms with Crippen molar-refractivity contribution in [3.63, 3.8) is 0 Å². The van der Waals surface area contributed by atoms with Crippen LogP contribution < -0.4 is 5.32 Å². The number of alkyl halides is 3. The fourth-order valence-corrected chi connectivity index (χ4v) is 1.91. The predicted molar refractivity (Wildman–Crippen MR) is 62.8 cm³/mol. The summed E-state index contributed by atoms with van der Waals surface area (Å²) in [6.45, 7) is 4.07. The zero-order chi connectivity index (χ0) is 13.8. The molecule has 1 atom stereocenters. The van der Waals surface area contributed by atoms with Crippen molar-refractivity contribution < 1.29 is 17.6 Å². The van der Waals surface area contributed by atoms with Gasteiger partial charge in [0.2, 0.25) is 0 Å². The first-order valence-corrected chi connectivity index (χ1v) is 5.89. The van der Waals surface area contributed by atoms with Crippen LogP contribution in [0.3, 0.4) is 0 Å². The van der Waals surface area contributed by atoms with Crippen molar-refractivity contribution >= 4 is 0 Å². The molecular weight excluding hydrogens is 246 g/mol. The highest BCUT2D eigenvalue weighted by Crippen LogP contribution is 2.28. The molecule has 0 radical (unpaired) electrons. The van der Waals surface area contributed by atoms with Crippen LogP contribution in [-0.2, 0) is 0 Å². The molecular formula is C13H17F4N. The van der Waals surface area contributed by atoms with Crippen molar-refractivity contribution in [3.8, 4) is 0 Å². The largest absolute Gasteiger partial charge is 0.389 e. The third kappa shape index (κ3) is 5.04. The minimum Gasteiger partial charge on any atom is -0.310 e. The minimum atomic E-state index is -4.18. The van der Waals surface area contributed by atoms with Crippen molar-refractivity contribution in [1.82, 2.24) is 5.32 Å². The third-order valence-electron chi connectivity index (χ3n) is 2.63. The molecule has 1 N–H and O–H groups in total. The van der Waals surface area contributed by atoms with Gasteiger partial charge in [0.15, 0.2) is 0 Å². The summed E-state index contributed by atoms with van der Waals surface area (Å²) < 4.78 is 49.9. The minimum absolute atomic E-state index is 0.0831. The molecule has 1 nitrogen and oxygen atoms in total. The fraction of sp³-hybridized carbons (Fsp3) is 0.538. The number of rotatable bonds is 5. The summed E-state index contributed by atoms with van der Waals surface area (Å²) in [5.41, 5.74) is 1.28. The molecule has 18 heavy (non-hydrogen) atoms. The van der Waals surface area contributed by atoms with Crippen LogP contribution in [0, 0.1) is 12.7 Å². The second kappa shape index (κ2) is 6.18. The molecule has 1 unspecified atom stereocenters. The van der Waals surface area contributed by atoms with Gasteiger partial charge in [-0.3, -0.25) is 0 Å². The molecule has 0 fully saturated rings. The van der Waals surface area contributed by atoms with E-state index in [1.165, 1.54) is 12.1 Å². The van der Waals surface area contributed by atoms with Crippen LogP contribution in [-0.4, -0.2) is 12.7 Å². The van der Waals surface area contributed by atoms with Gasteiger partial charge in [-0.1, -0.05) is 13.0 Å². The van der Waals surface area contributed by atoms with Gasteiger partial charge >= 0.3 is 6.18 Å². The molecule has 0 amide bonds. The lowest BCUT2D eigenvalue weighted by Gasteiger charge is -2.19. The molecule has 0 bridgehead atoms. The summed E-state index contributed by atoms with van der Waals surface area (Å²) in [6, 6.07) is 3.89. The Bertz CT molecular complexity index is 367. The topological polar surface area (TPSA) is 12.0 Å². The van der Waals surface area contributed by atoms with Gasteiger partial charge in [0.1, 0.15) is 5.82 Å². The summed E-state index contributed by atoms with van der Waals surface area (Å²) in [6.07, 6.45) is -5.14. The van der Waals surface area contributed by atoms with E-state index in [0.29, 0.717) is 17.7 Å². The van der Waals surface area contributed by atoms with E-state index in [9.17, 15) is 17.6 Å². The van der Waals surface area contributed by atoms with E-state index in [-0.39, 0.29) is 6.42 Å². The molecule has 0 saturated carbocycles. The van der Waals surface area contributed by atoms with Crippen molar-refractivity contribution in [2.24, 2.45) is 0 Å². The maximum atomic E-state index is 13.3. The Balaban J connectivity index is 2.83. The smallest absolute Gasteiger partial charge is 0.310 e. The van der Waals surface area contributed by atoms with Crippen LogP contribution in [0.4, 0.5) is 17.6 Å².